The van der Waals surface area contributed by atoms with Gasteiger partial charge in [0.15, 0.2) is 0 Å². The lowest BCUT2D eigenvalue weighted by Crippen LogP contribution is -2.36. The predicted octanol–water partition coefficient (Wildman–Crippen LogP) is 4.34. The monoisotopic (exact) mass is 434 g/mol. The molecule has 1 aliphatic rings. The number of anilines is 2. The van der Waals surface area contributed by atoms with E-state index in [4.69, 9.17) is 0 Å². The van der Waals surface area contributed by atoms with Crippen molar-refractivity contribution in [3.8, 4) is 0 Å². The molecule has 5 nitrogen and oxygen atoms in total. The summed E-state index contributed by atoms with van der Waals surface area (Å²) in [4.78, 5) is 15.1. The van der Waals surface area contributed by atoms with Gasteiger partial charge >= 0.3 is 0 Å². The highest BCUT2D eigenvalue weighted by Crippen LogP contribution is 2.32. The van der Waals surface area contributed by atoms with E-state index in [-0.39, 0.29) is 23.3 Å². The summed E-state index contributed by atoms with van der Waals surface area (Å²) in [5, 5.41) is 0. The first kappa shape index (κ1) is 21.1. The number of carbonyl (C=O) groups excluding carboxylic acids is 1. The molecule has 0 bridgehead atoms. The standard InChI is InChI=1S/C25H26N2O3S/c1-18-8-14-23(15-9-18)31(29,30)26(3)22-12-10-20(11-13-22)17-25(28)27-19(2)16-21-6-4-5-7-24(21)27/h4-15,19H,16-17H2,1-3H3/t19-/m0/s1. The van der Waals surface area contributed by atoms with Gasteiger partial charge in [0, 0.05) is 18.8 Å². The Morgan fingerprint density at radius 2 is 1.65 bits per heavy atom. The molecule has 1 amide bonds. The Labute approximate surface area is 184 Å². The highest BCUT2D eigenvalue weighted by Gasteiger charge is 2.30. The molecule has 1 heterocycles. The van der Waals surface area contributed by atoms with Crippen LogP contribution in [0.4, 0.5) is 11.4 Å². The largest absolute Gasteiger partial charge is 0.309 e. The van der Waals surface area contributed by atoms with Crippen LogP contribution in [0, 0.1) is 6.92 Å². The van der Waals surface area contributed by atoms with Gasteiger partial charge in [-0.1, -0.05) is 48.0 Å². The van der Waals surface area contributed by atoms with Crippen LogP contribution in [0.3, 0.4) is 0 Å². The molecule has 0 unspecified atom stereocenters. The molecular formula is C25H26N2O3S. The Balaban J connectivity index is 1.49. The second-order valence-electron chi connectivity index (χ2n) is 8.07. The molecule has 0 fully saturated rings. The number of nitrogens with zero attached hydrogens (tertiary/aromatic N) is 2. The zero-order valence-corrected chi connectivity index (χ0v) is 18.8. The maximum atomic E-state index is 13.0. The van der Waals surface area contributed by atoms with Gasteiger partial charge in [-0.05, 0) is 61.7 Å². The summed E-state index contributed by atoms with van der Waals surface area (Å²) in [6, 6.07) is 22.1. The van der Waals surface area contributed by atoms with Crippen LogP contribution in [0.1, 0.15) is 23.6 Å². The van der Waals surface area contributed by atoms with Crippen molar-refractivity contribution in [2.75, 3.05) is 16.3 Å². The molecule has 0 radical (unpaired) electrons. The minimum Gasteiger partial charge on any atom is -0.309 e. The molecule has 0 aromatic heterocycles. The van der Waals surface area contributed by atoms with E-state index < -0.39 is 10.0 Å². The average molecular weight is 435 g/mol. The fourth-order valence-electron chi connectivity index (χ4n) is 4.04. The third-order valence-electron chi connectivity index (χ3n) is 5.81. The topological polar surface area (TPSA) is 57.7 Å². The molecule has 0 N–H and O–H groups in total. The summed E-state index contributed by atoms with van der Waals surface area (Å²) in [5.74, 6) is 0.0471. The first-order chi connectivity index (χ1) is 14.8. The molecule has 3 aromatic carbocycles. The Bertz CT molecular complexity index is 1200. The molecule has 1 atom stereocenters. The van der Waals surface area contributed by atoms with Crippen molar-refractivity contribution in [3.05, 3.63) is 89.5 Å². The van der Waals surface area contributed by atoms with Crippen LogP contribution in [0.15, 0.2) is 77.7 Å². The number of aryl methyl sites for hydroxylation is 1. The molecule has 0 saturated carbocycles. The summed E-state index contributed by atoms with van der Waals surface area (Å²) in [7, 11) is -2.10. The number of rotatable bonds is 5. The maximum absolute atomic E-state index is 13.0. The van der Waals surface area contributed by atoms with Crippen LogP contribution in [-0.2, 0) is 27.7 Å². The van der Waals surface area contributed by atoms with Crippen LogP contribution in [0.25, 0.3) is 0 Å². The number of amides is 1. The van der Waals surface area contributed by atoms with E-state index in [1.165, 1.54) is 16.9 Å². The van der Waals surface area contributed by atoms with Gasteiger partial charge in [-0.25, -0.2) is 8.42 Å². The van der Waals surface area contributed by atoms with Crippen LogP contribution in [-0.4, -0.2) is 27.4 Å². The van der Waals surface area contributed by atoms with E-state index in [9.17, 15) is 13.2 Å². The van der Waals surface area contributed by atoms with Crippen LogP contribution in [0.2, 0.25) is 0 Å². The van der Waals surface area contributed by atoms with Crippen LogP contribution in [0.5, 0.6) is 0 Å². The third kappa shape index (κ3) is 4.08. The SMILES string of the molecule is Cc1ccc(S(=O)(=O)N(C)c2ccc(CC(=O)N3c4ccccc4C[C@@H]3C)cc2)cc1. The van der Waals surface area contributed by atoms with E-state index in [2.05, 4.69) is 13.0 Å². The lowest BCUT2D eigenvalue weighted by atomic mass is 10.1. The number of fused-ring (bicyclic) bond motifs is 1. The van der Waals surface area contributed by atoms with Crippen LogP contribution >= 0.6 is 0 Å². The minimum atomic E-state index is -3.64. The lowest BCUT2D eigenvalue weighted by Gasteiger charge is -2.23. The van der Waals surface area contributed by atoms with Crippen molar-refractivity contribution < 1.29 is 13.2 Å². The number of sulfonamides is 1. The van der Waals surface area contributed by atoms with E-state index in [0.717, 1.165) is 23.2 Å². The second-order valence-corrected chi connectivity index (χ2v) is 10.0. The van der Waals surface area contributed by atoms with E-state index in [0.29, 0.717) is 5.69 Å². The van der Waals surface area contributed by atoms with Gasteiger partial charge in [0.2, 0.25) is 5.91 Å². The number of hydrogen-bond donors (Lipinski definition) is 0. The van der Waals surface area contributed by atoms with E-state index in [1.54, 1.807) is 36.4 Å². The number of carbonyl (C=O) groups is 1. The van der Waals surface area contributed by atoms with Crippen molar-refractivity contribution in [1.29, 1.82) is 0 Å². The van der Waals surface area contributed by atoms with Gasteiger partial charge in [0.25, 0.3) is 10.0 Å². The molecule has 31 heavy (non-hydrogen) atoms. The van der Waals surface area contributed by atoms with Gasteiger partial charge in [0.1, 0.15) is 0 Å². The average Bonchev–Trinajstić information content (AvgIpc) is 3.10. The van der Waals surface area contributed by atoms with Gasteiger partial charge in [-0.15, -0.1) is 0 Å². The predicted molar refractivity (Wildman–Crippen MR) is 124 cm³/mol. The summed E-state index contributed by atoms with van der Waals surface area (Å²) in [6.07, 6.45) is 1.13. The fourth-order valence-corrected chi connectivity index (χ4v) is 5.23. The van der Waals surface area contributed by atoms with E-state index >= 15 is 0 Å². The van der Waals surface area contributed by atoms with Gasteiger partial charge < -0.3 is 4.90 Å². The Hall–Kier alpha value is -3.12. The fraction of sp³-hybridized carbons (Fsp3) is 0.240. The zero-order chi connectivity index (χ0) is 22.2. The van der Waals surface area contributed by atoms with Gasteiger partial charge in [0.05, 0.1) is 17.0 Å². The summed E-state index contributed by atoms with van der Waals surface area (Å²) < 4.78 is 27.1. The highest BCUT2D eigenvalue weighted by molar-refractivity contribution is 7.92. The Kier molecular flexibility index (Phi) is 5.58. The van der Waals surface area contributed by atoms with Crippen molar-refractivity contribution >= 4 is 27.3 Å². The van der Waals surface area contributed by atoms with Crippen LogP contribution < -0.4 is 9.21 Å². The first-order valence-corrected chi connectivity index (χ1v) is 11.8. The smallest absolute Gasteiger partial charge is 0.264 e. The quantitative estimate of drug-likeness (QED) is 0.600. The molecule has 0 aliphatic carbocycles. The van der Waals surface area contributed by atoms with E-state index in [1.807, 2.05) is 42.2 Å². The zero-order valence-electron chi connectivity index (χ0n) is 17.9. The van der Waals surface area contributed by atoms with Crippen molar-refractivity contribution in [2.45, 2.75) is 37.6 Å². The first-order valence-electron chi connectivity index (χ1n) is 10.3. The highest BCUT2D eigenvalue weighted by atomic mass is 32.2. The molecule has 6 heteroatoms. The minimum absolute atomic E-state index is 0.0471. The normalized spacial score (nSPS) is 15.6. The number of benzene rings is 3. The molecule has 1 aliphatic heterocycles. The molecule has 4 rings (SSSR count). The van der Waals surface area contributed by atoms with Crippen molar-refractivity contribution in [3.63, 3.8) is 0 Å². The van der Waals surface area contributed by atoms with Crippen molar-refractivity contribution in [2.24, 2.45) is 0 Å². The van der Waals surface area contributed by atoms with Crippen molar-refractivity contribution in [1.82, 2.24) is 0 Å². The van der Waals surface area contributed by atoms with Gasteiger partial charge in [-0.2, -0.15) is 0 Å². The van der Waals surface area contributed by atoms with Gasteiger partial charge in [-0.3, -0.25) is 9.10 Å². The Morgan fingerprint density at radius 3 is 2.32 bits per heavy atom. The maximum Gasteiger partial charge on any atom is 0.264 e. The molecular weight excluding hydrogens is 408 g/mol. The number of hydrogen-bond acceptors (Lipinski definition) is 3. The Morgan fingerprint density at radius 1 is 1.00 bits per heavy atom. The molecule has 0 spiro atoms. The lowest BCUT2D eigenvalue weighted by molar-refractivity contribution is -0.118. The number of para-hydroxylation sites is 1. The second kappa shape index (κ2) is 8.19. The third-order valence-corrected chi connectivity index (χ3v) is 7.61. The summed E-state index contributed by atoms with van der Waals surface area (Å²) in [5.41, 5.74) is 4.59. The summed E-state index contributed by atoms with van der Waals surface area (Å²) in [6.45, 7) is 3.98. The molecule has 0 saturated heterocycles. The summed E-state index contributed by atoms with van der Waals surface area (Å²) >= 11 is 0. The molecule has 160 valence electrons. The molecule has 3 aromatic rings.